The third-order valence-corrected chi connectivity index (χ3v) is 5.98. The third-order valence-electron chi connectivity index (χ3n) is 4.10. The van der Waals surface area contributed by atoms with Crippen LogP contribution in [-0.2, 0) is 11.3 Å². The van der Waals surface area contributed by atoms with Crippen LogP contribution in [0, 0.1) is 0 Å². The Hall–Kier alpha value is -2.09. The molecule has 0 radical (unpaired) electrons. The van der Waals surface area contributed by atoms with E-state index in [1.807, 2.05) is 39.9 Å². The number of hydrogen-bond donors (Lipinski definition) is 0. The molecule has 4 rings (SSSR count). The second-order valence-electron chi connectivity index (χ2n) is 5.85. The summed E-state index contributed by atoms with van der Waals surface area (Å²) in [5.74, 6) is -0.00784. The van der Waals surface area contributed by atoms with Crippen LogP contribution < -0.4 is 0 Å². The number of pyridine rings is 1. The molecular weight excluding hydrogens is 354 g/mol. The van der Waals surface area contributed by atoms with Gasteiger partial charge in [0.05, 0.1) is 17.6 Å². The molecule has 0 spiro atoms. The molecule has 25 heavy (non-hydrogen) atoms. The number of rotatable bonds is 5. The number of amides is 1. The zero-order valence-corrected chi connectivity index (χ0v) is 15.1. The van der Waals surface area contributed by atoms with Gasteiger partial charge in [0, 0.05) is 30.9 Å². The number of carbonyl (C=O) groups excluding carboxylic acids is 1. The van der Waals surface area contributed by atoms with Gasteiger partial charge in [0.2, 0.25) is 0 Å². The molecule has 3 aromatic heterocycles. The summed E-state index contributed by atoms with van der Waals surface area (Å²) in [5, 5.41) is 4.77. The molecule has 3 aromatic rings. The van der Waals surface area contributed by atoms with Gasteiger partial charge < -0.3 is 9.64 Å². The van der Waals surface area contributed by atoms with Gasteiger partial charge in [-0.05, 0) is 29.5 Å². The smallest absolute Gasteiger partial charge is 0.273 e. The zero-order valence-electron chi connectivity index (χ0n) is 13.5. The van der Waals surface area contributed by atoms with Gasteiger partial charge in [-0.25, -0.2) is 4.98 Å². The minimum Gasteiger partial charge on any atom is -0.372 e. The van der Waals surface area contributed by atoms with E-state index in [0.29, 0.717) is 25.4 Å². The van der Waals surface area contributed by atoms with Crippen LogP contribution in [0.3, 0.4) is 0 Å². The van der Waals surface area contributed by atoms with Crippen LogP contribution in [0.2, 0.25) is 0 Å². The molecule has 1 saturated heterocycles. The van der Waals surface area contributed by atoms with Gasteiger partial charge >= 0.3 is 0 Å². The standard InChI is InChI=1S/C18H17N3O2S2/c22-18(15-12-25-17(20-15)16-4-2-8-24-16)21-7-5-14(10-21)23-11-13-3-1-6-19-9-13/h1-4,6,8-9,12,14H,5,7,10-11H2. The van der Waals surface area contributed by atoms with E-state index < -0.39 is 0 Å². The minimum absolute atomic E-state index is 0.00784. The van der Waals surface area contributed by atoms with Crippen molar-refractivity contribution in [2.45, 2.75) is 19.1 Å². The number of ether oxygens (including phenoxy) is 1. The number of aromatic nitrogens is 2. The van der Waals surface area contributed by atoms with Crippen LogP contribution in [0.15, 0.2) is 47.4 Å². The highest BCUT2D eigenvalue weighted by Gasteiger charge is 2.28. The van der Waals surface area contributed by atoms with Crippen molar-refractivity contribution >= 4 is 28.6 Å². The second kappa shape index (κ2) is 7.43. The maximum atomic E-state index is 12.7. The van der Waals surface area contributed by atoms with Crippen LogP contribution in [0.1, 0.15) is 22.5 Å². The van der Waals surface area contributed by atoms with Crippen LogP contribution >= 0.6 is 22.7 Å². The number of thiazole rings is 1. The Labute approximate surface area is 153 Å². The fourth-order valence-corrected chi connectivity index (χ4v) is 4.40. The summed E-state index contributed by atoms with van der Waals surface area (Å²) < 4.78 is 5.92. The molecule has 4 heterocycles. The van der Waals surface area contributed by atoms with Crippen LogP contribution in [0.5, 0.6) is 0 Å². The Balaban J connectivity index is 1.34. The van der Waals surface area contributed by atoms with Crippen LogP contribution in [0.25, 0.3) is 9.88 Å². The van der Waals surface area contributed by atoms with E-state index in [1.54, 1.807) is 23.7 Å². The van der Waals surface area contributed by atoms with E-state index in [0.717, 1.165) is 21.9 Å². The SMILES string of the molecule is O=C(c1csc(-c2cccs2)n1)N1CCC(OCc2cccnc2)C1. The van der Waals surface area contributed by atoms with Crippen molar-refractivity contribution in [1.82, 2.24) is 14.9 Å². The first-order valence-electron chi connectivity index (χ1n) is 8.09. The molecule has 0 saturated carbocycles. The van der Waals surface area contributed by atoms with Gasteiger partial charge in [-0.1, -0.05) is 12.1 Å². The normalized spacial score (nSPS) is 17.1. The summed E-state index contributed by atoms with van der Waals surface area (Å²) in [6, 6.07) is 7.91. The molecule has 128 valence electrons. The molecule has 1 aliphatic heterocycles. The summed E-state index contributed by atoms with van der Waals surface area (Å²) in [7, 11) is 0. The van der Waals surface area contributed by atoms with E-state index in [9.17, 15) is 4.79 Å². The van der Waals surface area contributed by atoms with Crippen molar-refractivity contribution in [3.8, 4) is 9.88 Å². The molecule has 0 aliphatic carbocycles. The predicted octanol–water partition coefficient (Wildman–Crippen LogP) is 3.70. The molecule has 5 nitrogen and oxygen atoms in total. The quantitative estimate of drug-likeness (QED) is 0.686. The van der Waals surface area contributed by atoms with Gasteiger partial charge in [0.15, 0.2) is 0 Å². The Kier molecular flexibility index (Phi) is 4.87. The lowest BCUT2D eigenvalue weighted by Crippen LogP contribution is -2.30. The fraction of sp³-hybridized carbons (Fsp3) is 0.278. The Morgan fingerprint density at radius 3 is 3.08 bits per heavy atom. The van der Waals surface area contributed by atoms with Crippen molar-refractivity contribution in [2.75, 3.05) is 13.1 Å². The van der Waals surface area contributed by atoms with E-state index in [2.05, 4.69) is 9.97 Å². The number of likely N-dealkylation sites (tertiary alicyclic amines) is 1. The lowest BCUT2D eigenvalue weighted by atomic mass is 10.3. The van der Waals surface area contributed by atoms with Gasteiger partial charge in [0.1, 0.15) is 10.7 Å². The number of carbonyl (C=O) groups is 1. The second-order valence-corrected chi connectivity index (χ2v) is 7.66. The summed E-state index contributed by atoms with van der Waals surface area (Å²) >= 11 is 3.15. The van der Waals surface area contributed by atoms with Crippen LogP contribution in [0.4, 0.5) is 0 Å². The summed E-state index contributed by atoms with van der Waals surface area (Å²) in [6.45, 7) is 1.85. The lowest BCUT2D eigenvalue weighted by molar-refractivity contribution is 0.0435. The van der Waals surface area contributed by atoms with Crippen molar-refractivity contribution in [3.05, 3.63) is 58.7 Å². The Morgan fingerprint density at radius 1 is 1.32 bits per heavy atom. The monoisotopic (exact) mass is 371 g/mol. The highest BCUT2D eigenvalue weighted by atomic mass is 32.1. The largest absolute Gasteiger partial charge is 0.372 e. The predicted molar refractivity (Wildman–Crippen MR) is 98.8 cm³/mol. The molecule has 1 amide bonds. The Bertz CT molecular complexity index is 833. The molecule has 0 aromatic carbocycles. The molecular formula is C18H17N3O2S2. The molecule has 1 unspecified atom stereocenters. The number of nitrogens with zero attached hydrogens (tertiary/aromatic N) is 3. The van der Waals surface area contributed by atoms with Gasteiger partial charge in [-0.3, -0.25) is 9.78 Å². The molecule has 1 aliphatic rings. The minimum atomic E-state index is -0.00784. The van der Waals surface area contributed by atoms with Crippen LogP contribution in [-0.4, -0.2) is 40.0 Å². The Morgan fingerprint density at radius 2 is 2.28 bits per heavy atom. The fourth-order valence-electron chi connectivity index (χ4n) is 2.79. The first kappa shape index (κ1) is 16.4. The average Bonchev–Trinajstić information content (AvgIpc) is 3.41. The maximum absolute atomic E-state index is 12.7. The van der Waals surface area contributed by atoms with Gasteiger partial charge in [-0.2, -0.15) is 0 Å². The van der Waals surface area contributed by atoms with Crippen molar-refractivity contribution in [1.29, 1.82) is 0 Å². The molecule has 1 atom stereocenters. The molecule has 1 fully saturated rings. The first-order valence-corrected chi connectivity index (χ1v) is 9.85. The summed E-state index contributed by atoms with van der Waals surface area (Å²) in [5.41, 5.74) is 1.58. The van der Waals surface area contributed by atoms with E-state index in [1.165, 1.54) is 11.3 Å². The lowest BCUT2D eigenvalue weighted by Gasteiger charge is -2.15. The van der Waals surface area contributed by atoms with Crippen molar-refractivity contribution in [2.24, 2.45) is 0 Å². The third kappa shape index (κ3) is 3.78. The van der Waals surface area contributed by atoms with Crippen molar-refractivity contribution in [3.63, 3.8) is 0 Å². The summed E-state index contributed by atoms with van der Waals surface area (Å²) in [4.78, 5) is 24.2. The van der Waals surface area contributed by atoms with E-state index in [4.69, 9.17) is 4.74 Å². The van der Waals surface area contributed by atoms with E-state index in [-0.39, 0.29) is 12.0 Å². The van der Waals surface area contributed by atoms with Gasteiger partial charge in [-0.15, -0.1) is 22.7 Å². The summed E-state index contributed by atoms with van der Waals surface area (Å²) in [6.07, 6.45) is 4.48. The zero-order chi connectivity index (χ0) is 17.1. The topological polar surface area (TPSA) is 55.3 Å². The first-order chi connectivity index (χ1) is 12.3. The highest BCUT2D eigenvalue weighted by Crippen LogP contribution is 2.28. The molecule has 0 bridgehead atoms. The number of hydrogen-bond acceptors (Lipinski definition) is 6. The molecule has 0 N–H and O–H groups in total. The highest BCUT2D eigenvalue weighted by molar-refractivity contribution is 7.20. The average molecular weight is 371 g/mol. The number of thiophene rings is 1. The van der Waals surface area contributed by atoms with Crippen molar-refractivity contribution < 1.29 is 9.53 Å². The van der Waals surface area contributed by atoms with Gasteiger partial charge in [0.25, 0.3) is 5.91 Å². The molecule has 7 heteroatoms. The van der Waals surface area contributed by atoms with E-state index >= 15 is 0 Å². The maximum Gasteiger partial charge on any atom is 0.273 e.